The largest absolute Gasteiger partial charge is 0.457 e. The Bertz CT molecular complexity index is 1130. The summed E-state index contributed by atoms with van der Waals surface area (Å²) >= 11 is 0. The number of rotatable bonds is 1. The van der Waals surface area contributed by atoms with Crippen molar-refractivity contribution in [2.24, 2.45) is 17.6 Å². The second-order valence-electron chi connectivity index (χ2n) is 10.1. The standard InChI is InChI=1S/C28H38N4O6/c1-17(2)26-19(4)9-10-24(34)30-11-5-7-18(3)13-21(33)14-20(29)15-25-31-22(16-37-25)27(35)32-12-6-8-23(32)28(36)38-26/h5,7-10,13,16-17,19-21,26,33H,6,11-12,14-15,29H2,1-4H3,(H,30,34)/b7-5+,10-9+,18-13+/t19-,20-,21-,26?/m1/s1. The van der Waals surface area contributed by atoms with Gasteiger partial charge in [-0.3, -0.25) is 9.59 Å². The molecule has 3 rings (SSSR count). The van der Waals surface area contributed by atoms with Crippen molar-refractivity contribution < 1.29 is 28.6 Å². The minimum absolute atomic E-state index is 0.0300. The fourth-order valence-electron chi connectivity index (χ4n) is 4.50. The molecule has 206 valence electrons. The van der Waals surface area contributed by atoms with Crippen molar-refractivity contribution in [3.63, 3.8) is 0 Å². The predicted octanol–water partition coefficient (Wildman–Crippen LogP) is 2.42. The number of fused-ring (bicyclic) bond motifs is 3. The second-order valence-corrected chi connectivity index (χ2v) is 10.1. The van der Waals surface area contributed by atoms with Crippen LogP contribution in [0.2, 0.25) is 0 Å². The highest BCUT2D eigenvalue weighted by molar-refractivity contribution is 6.00. The van der Waals surface area contributed by atoms with Crippen LogP contribution in [0.4, 0.5) is 0 Å². The van der Waals surface area contributed by atoms with Crippen LogP contribution in [-0.2, 0) is 20.7 Å². The third-order valence-corrected chi connectivity index (χ3v) is 6.39. The van der Waals surface area contributed by atoms with Gasteiger partial charge in [-0.2, -0.15) is 0 Å². The molecule has 0 saturated carbocycles. The van der Waals surface area contributed by atoms with E-state index in [-0.39, 0.29) is 47.9 Å². The van der Waals surface area contributed by atoms with E-state index in [1.807, 2.05) is 27.7 Å². The molecule has 2 amide bonds. The number of aliphatic hydroxyl groups is 1. The maximum atomic E-state index is 13.2. The highest BCUT2D eigenvalue weighted by atomic mass is 16.5. The number of nitrogens with zero attached hydrogens (tertiary/aromatic N) is 2. The summed E-state index contributed by atoms with van der Waals surface area (Å²) in [6, 6.07) is -0.459. The molecular weight excluding hydrogens is 488 g/mol. The van der Waals surface area contributed by atoms with Gasteiger partial charge in [0.1, 0.15) is 18.1 Å². The van der Waals surface area contributed by atoms with Crippen molar-refractivity contribution in [1.29, 1.82) is 0 Å². The summed E-state index contributed by atoms with van der Waals surface area (Å²) in [4.78, 5) is 44.2. The van der Waals surface area contributed by atoms with Crippen LogP contribution in [0.3, 0.4) is 0 Å². The number of ether oxygens (including phenoxy) is 1. The summed E-state index contributed by atoms with van der Waals surface area (Å²) in [7, 11) is 0. The van der Waals surface area contributed by atoms with Gasteiger partial charge in [-0.15, -0.1) is 0 Å². The number of cyclic esters (lactones) is 1. The summed E-state index contributed by atoms with van der Waals surface area (Å²) in [6.07, 6.45) is 11.0. The van der Waals surface area contributed by atoms with E-state index in [2.05, 4.69) is 10.3 Å². The molecule has 10 heteroatoms. The quantitative estimate of drug-likeness (QED) is 0.473. The van der Waals surface area contributed by atoms with E-state index in [9.17, 15) is 19.5 Å². The number of aromatic nitrogens is 1. The van der Waals surface area contributed by atoms with Crippen LogP contribution >= 0.6 is 0 Å². The van der Waals surface area contributed by atoms with Crippen molar-refractivity contribution in [3.05, 3.63) is 65.6 Å². The number of carbonyl (C=O) groups is 3. The smallest absolute Gasteiger partial charge is 0.355 e. The maximum Gasteiger partial charge on any atom is 0.355 e. The number of nitrogens with two attached hydrogens (primary N) is 1. The Labute approximate surface area is 223 Å². The summed E-state index contributed by atoms with van der Waals surface area (Å²) in [5, 5.41) is 13.2. The molecule has 10 nitrogen and oxygen atoms in total. The summed E-state index contributed by atoms with van der Waals surface area (Å²) in [6.45, 7) is 8.21. The first-order valence-corrected chi connectivity index (χ1v) is 13.0. The molecule has 4 atom stereocenters. The van der Waals surface area contributed by atoms with Crippen LogP contribution in [0.5, 0.6) is 0 Å². The van der Waals surface area contributed by atoms with Crippen molar-refractivity contribution in [1.82, 2.24) is 15.2 Å². The Morgan fingerprint density at radius 3 is 2.74 bits per heavy atom. The maximum absolute atomic E-state index is 13.2. The third kappa shape index (κ3) is 8.00. The van der Waals surface area contributed by atoms with Gasteiger partial charge in [-0.25, -0.2) is 9.78 Å². The SMILES string of the molecule is CC1=C\[C@@H](O)C[C@@H](N)Cc2nc(co2)C(=O)N2CCC=C2C(=O)OC(C(C)C)[C@H](C)/C=C/C(=O)NC\C=C\1. The molecule has 0 radical (unpaired) electrons. The molecule has 0 aliphatic carbocycles. The third-order valence-electron chi connectivity index (χ3n) is 6.39. The fraction of sp³-hybridized carbons (Fsp3) is 0.500. The normalized spacial score (nSPS) is 29.6. The number of esters is 1. The zero-order valence-electron chi connectivity index (χ0n) is 22.4. The molecule has 38 heavy (non-hydrogen) atoms. The number of oxazole rings is 1. The van der Waals surface area contributed by atoms with Crippen LogP contribution in [-0.4, -0.2) is 64.1 Å². The Hall–Kier alpha value is -3.50. The molecule has 0 spiro atoms. The first kappa shape index (κ1) is 29.1. The zero-order valence-corrected chi connectivity index (χ0v) is 22.4. The van der Waals surface area contributed by atoms with Crippen LogP contribution in [0.25, 0.3) is 0 Å². The minimum Gasteiger partial charge on any atom is -0.457 e. The van der Waals surface area contributed by atoms with Crippen LogP contribution in [0.1, 0.15) is 56.9 Å². The molecule has 3 heterocycles. The number of aliphatic hydroxyl groups excluding tert-OH is 1. The predicted molar refractivity (Wildman–Crippen MR) is 141 cm³/mol. The lowest BCUT2D eigenvalue weighted by Crippen LogP contribution is -2.36. The van der Waals surface area contributed by atoms with E-state index in [0.29, 0.717) is 19.5 Å². The van der Waals surface area contributed by atoms with E-state index in [0.717, 1.165) is 5.57 Å². The Morgan fingerprint density at radius 1 is 1.24 bits per heavy atom. The molecular formula is C28H38N4O6. The average molecular weight is 527 g/mol. The van der Waals surface area contributed by atoms with E-state index in [4.69, 9.17) is 14.9 Å². The van der Waals surface area contributed by atoms with E-state index < -0.39 is 30.1 Å². The summed E-state index contributed by atoms with van der Waals surface area (Å²) < 4.78 is 11.3. The molecule has 0 saturated heterocycles. The lowest BCUT2D eigenvalue weighted by molar-refractivity contribution is -0.149. The lowest BCUT2D eigenvalue weighted by atomic mass is 9.94. The minimum atomic E-state index is -0.788. The van der Waals surface area contributed by atoms with Crippen molar-refractivity contribution >= 4 is 17.8 Å². The van der Waals surface area contributed by atoms with Crippen LogP contribution in [0, 0.1) is 11.8 Å². The average Bonchev–Trinajstić information content (AvgIpc) is 3.52. The lowest BCUT2D eigenvalue weighted by Gasteiger charge is -2.27. The molecule has 0 fully saturated rings. The van der Waals surface area contributed by atoms with Gasteiger partial charge in [0.2, 0.25) is 5.91 Å². The first-order valence-electron chi connectivity index (χ1n) is 13.0. The monoisotopic (exact) mass is 526 g/mol. The van der Waals surface area contributed by atoms with Gasteiger partial charge in [0.15, 0.2) is 11.6 Å². The topological polar surface area (TPSA) is 148 Å². The van der Waals surface area contributed by atoms with Gasteiger partial charge in [0.25, 0.3) is 5.91 Å². The van der Waals surface area contributed by atoms with E-state index >= 15 is 0 Å². The van der Waals surface area contributed by atoms with Crippen molar-refractivity contribution in [2.45, 2.75) is 65.2 Å². The van der Waals surface area contributed by atoms with Crippen molar-refractivity contribution in [3.8, 4) is 0 Å². The molecule has 0 aromatic carbocycles. The Balaban J connectivity index is 1.86. The number of hydrogen-bond acceptors (Lipinski definition) is 8. The van der Waals surface area contributed by atoms with Gasteiger partial charge in [-0.1, -0.05) is 56.7 Å². The number of amides is 2. The summed E-state index contributed by atoms with van der Waals surface area (Å²) in [5.74, 6) is -1.35. The first-order chi connectivity index (χ1) is 18.0. The molecule has 1 unspecified atom stereocenters. The molecule has 1 aromatic heterocycles. The van der Waals surface area contributed by atoms with Gasteiger partial charge >= 0.3 is 5.97 Å². The van der Waals surface area contributed by atoms with E-state index in [1.165, 1.54) is 17.2 Å². The molecule has 4 N–H and O–H groups in total. The van der Waals surface area contributed by atoms with Crippen molar-refractivity contribution in [2.75, 3.05) is 13.1 Å². The number of allylic oxidation sites excluding steroid dienone is 2. The summed E-state index contributed by atoms with van der Waals surface area (Å²) in [5.41, 5.74) is 7.23. The zero-order chi connectivity index (χ0) is 27.8. The molecule has 2 aliphatic rings. The van der Waals surface area contributed by atoms with Gasteiger partial charge in [-0.05, 0) is 31.8 Å². The molecule has 2 bridgehead atoms. The number of carbonyl (C=O) groups excluding carboxylic acids is 3. The molecule has 2 aliphatic heterocycles. The second kappa shape index (κ2) is 13.3. The Kier molecular flexibility index (Phi) is 10.2. The van der Waals surface area contributed by atoms with E-state index in [1.54, 1.807) is 30.4 Å². The number of nitrogens with one attached hydrogen (secondary N) is 1. The van der Waals surface area contributed by atoms with Gasteiger partial charge < -0.3 is 30.2 Å². The van der Waals surface area contributed by atoms with Gasteiger partial charge in [0.05, 0.1) is 6.10 Å². The van der Waals surface area contributed by atoms with Crippen LogP contribution in [0.15, 0.2) is 58.4 Å². The fourth-order valence-corrected chi connectivity index (χ4v) is 4.50. The number of hydrogen-bond donors (Lipinski definition) is 3. The highest BCUT2D eigenvalue weighted by Crippen LogP contribution is 2.24. The van der Waals surface area contributed by atoms with Crippen LogP contribution < -0.4 is 11.1 Å². The highest BCUT2D eigenvalue weighted by Gasteiger charge is 2.33. The Morgan fingerprint density at radius 2 is 2.00 bits per heavy atom. The van der Waals surface area contributed by atoms with Gasteiger partial charge in [0, 0.05) is 31.5 Å². The molecule has 1 aromatic rings.